The van der Waals surface area contributed by atoms with Crippen LogP contribution in [0.5, 0.6) is 0 Å². The third-order valence-corrected chi connectivity index (χ3v) is 4.89. The molecule has 0 unspecified atom stereocenters. The summed E-state index contributed by atoms with van der Waals surface area (Å²) in [5.41, 5.74) is 1.04. The van der Waals surface area contributed by atoms with Crippen LogP contribution in [0.1, 0.15) is 10.4 Å². The first-order chi connectivity index (χ1) is 9.13. The van der Waals surface area contributed by atoms with E-state index in [2.05, 4.69) is 15.9 Å². The lowest BCUT2D eigenvalue weighted by Crippen LogP contribution is -1.86. The van der Waals surface area contributed by atoms with Gasteiger partial charge in [0.15, 0.2) is 0 Å². The van der Waals surface area contributed by atoms with Crippen molar-refractivity contribution in [2.24, 2.45) is 0 Å². The summed E-state index contributed by atoms with van der Waals surface area (Å²) >= 11 is 11.2. The summed E-state index contributed by atoms with van der Waals surface area (Å²) in [6.07, 6.45) is 0.719. The molecular weight excluding hydrogens is 347 g/mol. The molecule has 3 aromatic rings. The monoisotopic (exact) mass is 354 g/mol. The van der Waals surface area contributed by atoms with Gasteiger partial charge in [-0.3, -0.25) is 0 Å². The van der Waals surface area contributed by atoms with E-state index in [0.29, 0.717) is 5.39 Å². The molecule has 0 bridgehead atoms. The number of halogens is 3. The number of fused-ring (bicyclic) bond motifs is 1. The number of hydrogen-bond donors (Lipinski definition) is 0. The molecule has 0 aliphatic carbocycles. The molecule has 0 spiro atoms. The smallest absolute Gasteiger partial charge is 0.131 e. The van der Waals surface area contributed by atoms with E-state index in [1.54, 1.807) is 17.4 Å². The van der Waals surface area contributed by atoms with Crippen molar-refractivity contribution in [3.05, 3.63) is 68.2 Å². The Morgan fingerprint density at radius 3 is 2.79 bits per heavy atom. The first-order valence-corrected chi connectivity index (χ1v) is 7.73. The van der Waals surface area contributed by atoms with Crippen LogP contribution in [0.25, 0.3) is 10.1 Å². The molecule has 0 aliphatic rings. The van der Waals surface area contributed by atoms with E-state index < -0.39 is 0 Å². The van der Waals surface area contributed by atoms with Crippen molar-refractivity contribution in [3.8, 4) is 0 Å². The molecule has 0 amide bonds. The number of benzene rings is 2. The van der Waals surface area contributed by atoms with Gasteiger partial charge in [0.25, 0.3) is 0 Å². The lowest BCUT2D eigenvalue weighted by Gasteiger charge is -2.02. The molecule has 1 aromatic heterocycles. The topological polar surface area (TPSA) is 0 Å². The second-order valence-corrected chi connectivity index (χ2v) is 6.77. The van der Waals surface area contributed by atoms with Crippen molar-refractivity contribution in [2.45, 2.75) is 6.42 Å². The zero-order chi connectivity index (χ0) is 13.4. The maximum Gasteiger partial charge on any atom is 0.131 e. The highest BCUT2D eigenvalue weighted by Crippen LogP contribution is 2.31. The van der Waals surface area contributed by atoms with E-state index in [1.165, 1.54) is 6.07 Å². The van der Waals surface area contributed by atoms with Gasteiger partial charge in [0.05, 0.1) is 0 Å². The van der Waals surface area contributed by atoms with Crippen molar-refractivity contribution in [1.29, 1.82) is 0 Å². The normalized spacial score (nSPS) is 11.1. The average Bonchev–Trinajstić information content (AvgIpc) is 2.78. The maximum absolute atomic E-state index is 13.7. The molecule has 4 heteroatoms. The predicted molar refractivity (Wildman–Crippen MR) is 83.7 cm³/mol. The SMILES string of the molecule is Fc1cccc2sc(Cc3cc(Br)ccc3Cl)cc12. The first-order valence-electron chi connectivity index (χ1n) is 5.74. The summed E-state index contributed by atoms with van der Waals surface area (Å²) in [5.74, 6) is -0.166. The van der Waals surface area contributed by atoms with Gasteiger partial charge in [-0.1, -0.05) is 33.6 Å². The van der Waals surface area contributed by atoms with Gasteiger partial charge in [-0.05, 0) is 42.0 Å². The van der Waals surface area contributed by atoms with Gasteiger partial charge in [-0.25, -0.2) is 4.39 Å². The summed E-state index contributed by atoms with van der Waals surface area (Å²) < 4.78 is 15.6. The van der Waals surface area contributed by atoms with Crippen LogP contribution >= 0.6 is 38.9 Å². The summed E-state index contributed by atoms with van der Waals surface area (Å²) in [4.78, 5) is 1.11. The van der Waals surface area contributed by atoms with Gasteiger partial charge in [0.1, 0.15) is 5.82 Å². The highest BCUT2D eigenvalue weighted by molar-refractivity contribution is 9.10. The van der Waals surface area contributed by atoms with Gasteiger partial charge in [0, 0.05) is 30.9 Å². The molecule has 0 N–H and O–H groups in total. The highest BCUT2D eigenvalue weighted by Gasteiger charge is 2.08. The van der Waals surface area contributed by atoms with Gasteiger partial charge < -0.3 is 0 Å². The Hall–Kier alpha value is -0.900. The molecule has 0 aliphatic heterocycles. The van der Waals surface area contributed by atoms with Crippen LogP contribution in [-0.2, 0) is 6.42 Å². The number of thiophene rings is 1. The lowest BCUT2D eigenvalue weighted by atomic mass is 10.1. The fourth-order valence-electron chi connectivity index (χ4n) is 2.03. The molecular formula is C15H9BrClFS. The third kappa shape index (κ3) is 2.69. The largest absolute Gasteiger partial charge is 0.206 e. The molecule has 0 nitrogen and oxygen atoms in total. The fourth-order valence-corrected chi connectivity index (χ4v) is 3.72. The Morgan fingerprint density at radius 2 is 2.00 bits per heavy atom. The highest BCUT2D eigenvalue weighted by atomic mass is 79.9. The molecule has 0 radical (unpaired) electrons. The predicted octanol–water partition coefficient (Wildman–Crippen LogP) is 6.05. The summed E-state index contributed by atoms with van der Waals surface area (Å²) in [5, 5.41) is 1.43. The number of rotatable bonds is 2. The third-order valence-electron chi connectivity index (χ3n) is 2.93. The quantitative estimate of drug-likeness (QED) is 0.525. The molecule has 19 heavy (non-hydrogen) atoms. The minimum Gasteiger partial charge on any atom is -0.206 e. The Balaban J connectivity index is 2.01. The molecule has 96 valence electrons. The fraction of sp³-hybridized carbons (Fsp3) is 0.0667. The van der Waals surface area contributed by atoms with Gasteiger partial charge in [-0.15, -0.1) is 11.3 Å². The van der Waals surface area contributed by atoms with Crippen LogP contribution in [0.15, 0.2) is 46.9 Å². The molecule has 2 aromatic carbocycles. The lowest BCUT2D eigenvalue weighted by molar-refractivity contribution is 0.640. The zero-order valence-electron chi connectivity index (χ0n) is 9.79. The molecule has 0 fully saturated rings. The van der Waals surface area contributed by atoms with Crippen LogP contribution in [-0.4, -0.2) is 0 Å². The van der Waals surface area contributed by atoms with Crippen molar-refractivity contribution >= 4 is 49.0 Å². The molecule has 3 rings (SSSR count). The molecule has 1 heterocycles. The van der Waals surface area contributed by atoms with E-state index in [-0.39, 0.29) is 5.82 Å². The van der Waals surface area contributed by atoms with Gasteiger partial charge >= 0.3 is 0 Å². The summed E-state index contributed by atoms with van der Waals surface area (Å²) in [6.45, 7) is 0. The van der Waals surface area contributed by atoms with Crippen molar-refractivity contribution < 1.29 is 4.39 Å². The summed E-state index contributed by atoms with van der Waals surface area (Å²) in [7, 11) is 0. The second kappa shape index (κ2) is 5.23. The van der Waals surface area contributed by atoms with E-state index in [0.717, 1.165) is 31.1 Å². The minimum atomic E-state index is -0.166. The standard InChI is InChI=1S/C15H9BrClFS/c16-10-4-5-13(17)9(6-10)7-11-8-12-14(18)2-1-3-15(12)19-11/h1-6,8H,7H2. The van der Waals surface area contributed by atoms with E-state index in [4.69, 9.17) is 11.6 Å². The van der Waals surface area contributed by atoms with E-state index in [1.807, 2.05) is 30.3 Å². The Bertz CT molecular complexity index is 751. The Labute approximate surface area is 128 Å². The van der Waals surface area contributed by atoms with E-state index >= 15 is 0 Å². The first kappa shape index (κ1) is 13.1. The van der Waals surface area contributed by atoms with Crippen molar-refractivity contribution in [2.75, 3.05) is 0 Å². The molecule has 0 atom stereocenters. The molecule has 0 saturated carbocycles. The van der Waals surface area contributed by atoms with Gasteiger partial charge in [-0.2, -0.15) is 0 Å². The van der Waals surface area contributed by atoms with Crippen LogP contribution in [0.4, 0.5) is 4.39 Å². The van der Waals surface area contributed by atoms with Crippen LogP contribution in [0.2, 0.25) is 5.02 Å². The van der Waals surface area contributed by atoms with Crippen LogP contribution < -0.4 is 0 Å². The van der Waals surface area contributed by atoms with Crippen molar-refractivity contribution in [3.63, 3.8) is 0 Å². The Morgan fingerprint density at radius 1 is 1.16 bits per heavy atom. The Kier molecular flexibility index (Phi) is 3.61. The van der Waals surface area contributed by atoms with Crippen molar-refractivity contribution in [1.82, 2.24) is 0 Å². The number of hydrogen-bond acceptors (Lipinski definition) is 1. The average molecular weight is 356 g/mol. The van der Waals surface area contributed by atoms with E-state index in [9.17, 15) is 4.39 Å². The second-order valence-electron chi connectivity index (χ2n) is 4.28. The minimum absolute atomic E-state index is 0.166. The summed E-state index contributed by atoms with van der Waals surface area (Å²) in [6, 6.07) is 12.9. The molecule has 0 saturated heterocycles. The van der Waals surface area contributed by atoms with Crippen LogP contribution in [0, 0.1) is 5.82 Å². The zero-order valence-corrected chi connectivity index (χ0v) is 12.9. The maximum atomic E-state index is 13.7. The van der Waals surface area contributed by atoms with Gasteiger partial charge in [0.2, 0.25) is 0 Å². The van der Waals surface area contributed by atoms with Crippen LogP contribution in [0.3, 0.4) is 0 Å².